The molecule has 0 aromatic heterocycles. The highest BCUT2D eigenvalue weighted by molar-refractivity contribution is 9.10. The molecule has 0 saturated heterocycles. The zero-order chi connectivity index (χ0) is 17.6. The van der Waals surface area contributed by atoms with Crippen LogP contribution in [0.15, 0.2) is 83.3 Å². The molecule has 0 bridgehead atoms. The number of carbonyl (C=O) groups excluding carboxylic acids is 2. The van der Waals surface area contributed by atoms with Gasteiger partial charge in [0.15, 0.2) is 11.6 Å². The van der Waals surface area contributed by atoms with Crippen LogP contribution in [0.5, 0.6) is 0 Å². The molecule has 3 aromatic carbocycles. The van der Waals surface area contributed by atoms with E-state index in [1.165, 1.54) is 0 Å². The van der Waals surface area contributed by atoms with Crippen LogP contribution in [-0.2, 0) is 12.8 Å². The highest BCUT2D eigenvalue weighted by Crippen LogP contribution is 2.19. The third kappa shape index (κ3) is 4.74. The van der Waals surface area contributed by atoms with Crippen molar-refractivity contribution in [2.24, 2.45) is 0 Å². The van der Waals surface area contributed by atoms with Gasteiger partial charge >= 0.3 is 0 Å². The summed E-state index contributed by atoms with van der Waals surface area (Å²) in [5, 5.41) is 0. The molecule has 0 aliphatic carbocycles. The average molecular weight is 393 g/mol. The maximum atomic E-state index is 12.6. The van der Waals surface area contributed by atoms with Crippen LogP contribution in [0, 0.1) is 0 Å². The van der Waals surface area contributed by atoms with Crippen molar-refractivity contribution in [3.63, 3.8) is 0 Å². The Balaban J connectivity index is 1.80. The van der Waals surface area contributed by atoms with E-state index < -0.39 is 0 Å². The maximum absolute atomic E-state index is 12.6. The molecular weight excluding hydrogens is 376 g/mol. The summed E-state index contributed by atoms with van der Waals surface area (Å²) >= 11 is 3.42. The number of hydrogen-bond donors (Lipinski definition) is 0. The lowest BCUT2D eigenvalue weighted by molar-refractivity contribution is 0.0992. The van der Waals surface area contributed by atoms with Gasteiger partial charge in [0.25, 0.3) is 0 Å². The highest BCUT2D eigenvalue weighted by atomic mass is 79.9. The molecule has 124 valence electrons. The molecule has 0 amide bonds. The molecule has 0 aliphatic heterocycles. The number of benzene rings is 3. The molecule has 2 nitrogen and oxygen atoms in total. The van der Waals surface area contributed by atoms with Crippen molar-refractivity contribution in [3.8, 4) is 0 Å². The Kier molecular flexibility index (Phi) is 5.56. The van der Waals surface area contributed by atoms with Gasteiger partial charge in [-0.05, 0) is 29.3 Å². The van der Waals surface area contributed by atoms with Crippen molar-refractivity contribution in [1.29, 1.82) is 0 Å². The van der Waals surface area contributed by atoms with E-state index in [9.17, 15) is 9.59 Å². The van der Waals surface area contributed by atoms with Gasteiger partial charge in [0.05, 0.1) is 0 Å². The number of Topliss-reactive ketones (excluding diaryl/α,β-unsaturated/α-hetero) is 2. The fourth-order valence-corrected chi connectivity index (χ4v) is 3.17. The molecule has 3 aromatic rings. The minimum atomic E-state index is 0.00117. The summed E-state index contributed by atoms with van der Waals surface area (Å²) in [6, 6.07) is 24.5. The van der Waals surface area contributed by atoms with Crippen molar-refractivity contribution in [3.05, 3.63) is 106 Å². The first kappa shape index (κ1) is 17.3. The Morgan fingerprint density at radius 2 is 1.04 bits per heavy atom. The first-order valence-corrected chi connectivity index (χ1v) is 8.86. The second-order valence-corrected chi connectivity index (χ2v) is 6.82. The van der Waals surface area contributed by atoms with Crippen LogP contribution >= 0.6 is 15.9 Å². The molecule has 0 radical (unpaired) electrons. The van der Waals surface area contributed by atoms with E-state index in [-0.39, 0.29) is 11.6 Å². The molecule has 0 aliphatic rings. The lowest BCUT2D eigenvalue weighted by atomic mass is 9.98. The van der Waals surface area contributed by atoms with Crippen molar-refractivity contribution >= 4 is 27.5 Å². The predicted molar refractivity (Wildman–Crippen MR) is 103 cm³/mol. The predicted octanol–water partition coefficient (Wildman–Crippen LogP) is 5.30. The summed E-state index contributed by atoms with van der Waals surface area (Å²) in [7, 11) is 0. The Hall–Kier alpha value is -2.52. The van der Waals surface area contributed by atoms with Crippen LogP contribution in [0.25, 0.3) is 0 Å². The minimum absolute atomic E-state index is 0.00117. The Labute approximate surface area is 155 Å². The lowest BCUT2D eigenvalue weighted by Crippen LogP contribution is -2.08. The Bertz CT molecular complexity index is 815. The molecule has 0 heterocycles. The van der Waals surface area contributed by atoms with Gasteiger partial charge in [-0.2, -0.15) is 0 Å². The summed E-state index contributed by atoms with van der Waals surface area (Å²) in [5.74, 6) is 0.00234. The smallest absolute Gasteiger partial charge is 0.167 e. The molecule has 0 atom stereocenters. The van der Waals surface area contributed by atoms with Gasteiger partial charge in [0, 0.05) is 28.4 Å². The largest absolute Gasteiger partial charge is 0.294 e. The van der Waals surface area contributed by atoms with E-state index in [1.54, 1.807) is 18.2 Å². The second kappa shape index (κ2) is 8.04. The fraction of sp³-hybridized carbons (Fsp3) is 0.0909. The van der Waals surface area contributed by atoms with E-state index in [2.05, 4.69) is 15.9 Å². The normalized spacial score (nSPS) is 10.4. The average Bonchev–Trinajstić information content (AvgIpc) is 2.63. The van der Waals surface area contributed by atoms with E-state index in [4.69, 9.17) is 0 Å². The van der Waals surface area contributed by atoms with Crippen LogP contribution in [0.3, 0.4) is 0 Å². The number of hydrogen-bond acceptors (Lipinski definition) is 2. The summed E-state index contributed by atoms with van der Waals surface area (Å²) in [6.45, 7) is 0. The summed E-state index contributed by atoms with van der Waals surface area (Å²) in [6.07, 6.45) is 0.646. The van der Waals surface area contributed by atoms with Crippen molar-refractivity contribution < 1.29 is 9.59 Å². The molecule has 0 fully saturated rings. The van der Waals surface area contributed by atoms with Crippen molar-refractivity contribution in [1.82, 2.24) is 0 Å². The molecule has 3 rings (SSSR count). The van der Waals surface area contributed by atoms with Crippen LogP contribution in [0.2, 0.25) is 0 Å². The number of ketones is 2. The third-order valence-electron chi connectivity index (χ3n) is 3.96. The number of carbonyl (C=O) groups is 2. The van der Waals surface area contributed by atoms with Gasteiger partial charge in [-0.25, -0.2) is 0 Å². The van der Waals surface area contributed by atoms with Gasteiger partial charge in [-0.1, -0.05) is 76.6 Å². The van der Waals surface area contributed by atoms with E-state index in [0.717, 1.165) is 15.6 Å². The monoisotopic (exact) mass is 392 g/mol. The van der Waals surface area contributed by atoms with Gasteiger partial charge in [-0.15, -0.1) is 0 Å². The van der Waals surface area contributed by atoms with E-state index in [1.807, 2.05) is 60.7 Å². The molecular formula is C22H17BrO2. The number of rotatable bonds is 6. The summed E-state index contributed by atoms with van der Waals surface area (Å²) in [4.78, 5) is 25.1. The lowest BCUT2D eigenvalue weighted by Gasteiger charge is -2.07. The fourth-order valence-electron chi connectivity index (χ4n) is 2.68. The van der Waals surface area contributed by atoms with E-state index in [0.29, 0.717) is 24.0 Å². The first-order valence-electron chi connectivity index (χ1n) is 8.06. The molecule has 0 spiro atoms. The second-order valence-electron chi connectivity index (χ2n) is 5.90. The zero-order valence-electron chi connectivity index (χ0n) is 13.6. The Morgan fingerprint density at radius 3 is 1.44 bits per heavy atom. The highest BCUT2D eigenvalue weighted by Gasteiger charge is 2.13. The van der Waals surface area contributed by atoms with Crippen LogP contribution in [-0.4, -0.2) is 11.6 Å². The SMILES string of the molecule is O=C(Cc1ccccc1)c1cc(Br)cc(C(=O)Cc2ccccc2)c1. The molecule has 25 heavy (non-hydrogen) atoms. The van der Waals surface area contributed by atoms with Gasteiger partial charge < -0.3 is 0 Å². The third-order valence-corrected chi connectivity index (χ3v) is 4.41. The van der Waals surface area contributed by atoms with Crippen LogP contribution in [0.4, 0.5) is 0 Å². The van der Waals surface area contributed by atoms with Crippen LogP contribution < -0.4 is 0 Å². The van der Waals surface area contributed by atoms with Gasteiger partial charge in [0.2, 0.25) is 0 Å². The van der Waals surface area contributed by atoms with E-state index >= 15 is 0 Å². The molecule has 0 saturated carbocycles. The van der Waals surface area contributed by atoms with Gasteiger partial charge in [0.1, 0.15) is 0 Å². The molecule has 0 unspecified atom stereocenters. The van der Waals surface area contributed by atoms with Crippen molar-refractivity contribution in [2.75, 3.05) is 0 Å². The molecule has 3 heteroatoms. The van der Waals surface area contributed by atoms with Crippen LogP contribution in [0.1, 0.15) is 31.8 Å². The topological polar surface area (TPSA) is 34.1 Å². The van der Waals surface area contributed by atoms with Gasteiger partial charge in [-0.3, -0.25) is 9.59 Å². The zero-order valence-corrected chi connectivity index (χ0v) is 15.2. The summed E-state index contributed by atoms with van der Waals surface area (Å²) < 4.78 is 0.739. The first-order chi connectivity index (χ1) is 12.1. The standard InChI is InChI=1S/C22H17BrO2/c23-20-14-18(21(24)11-16-7-3-1-4-8-16)13-19(15-20)22(25)12-17-9-5-2-6-10-17/h1-10,13-15H,11-12H2. The Morgan fingerprint density at radius 1 is 0.640 bits per heavy atom. The maximum Gasteiger partial charge on any atom is 0.167 e. The number of halogens is 1. The quantitative estimate of drug-likeness (QED) is 0.533. The minimum Gasteiger partial charge on any atom is -0.294 e. The summed E-state index contributed by atoms with van der Waals surface area (Å²) in [5.41, 5.74) is 3.03. The van der Waals surface area contributed by atoms with Crippen molar-refractivity contribution in [2.45, 2.75) is 12.8 Å². The molecule has 0 N–H and O–H groups in total.